The molecule has 1 amide bonds. The number of amides is 1. The van der Waals surface area contributed by atoms with Crippen molar-refractivity contribution in [3.05, 3.63) is 56.8 Å². The molecule has 0 bridgehead atoms. The van der Waals surface area contributed by atoms with Gasteiger partial charge in [0.05, 0.1) is 19.9 Å². The van der Waals surface area contributed by atoms with E-state index in [2.05, 4.69) is 20.4 Å². The summed E-state index contributed by atoms with van der Waals surface area (Å²) in [5.41, 5.74) is 4.25. The number of rotatable bonds is 7. The van der Waals surface area contributed by atoms with E-state index in [0.29, 0.717) is 40.8 Å². The predicted octanol–water partition coefficient (Wildman–Crippen LogP) is 2.78. The lowest BCUT2D eigenvalue weighted by atomic mass is 10.1. The van der Waals surface area contributed by atoms with E-state index in [1.54, 1.807) is 50.9 Å². The molecule has 0 aliphatic heterocycles. The Labute approximate surface area is 180 Å². The van der Waals surface area contributed by atoms with Gasteiger partial charge in [0.15, 0.2) is 11.5 Å². The first-order valence-electron chi connectivity index (χ1n) is 9.90. The van der Waals surface area contributed by atoms with Crippen molar-refractivity contribution >= 4 is 11.6 Å². The minimum absolute atomic E-state index is 0.128. The number of nitrogens with zero attached hydrogens (tertiary/aromatic N) is 3. The third-order valence-corrected chi connectivity index (χ3v) is 5.29. The van der Waals surface area contributed by atoms with Crippen molar-refractivity contribution < 1.29 is 14.3 Å². The number of methoxy groups -OCH3 is 2. The van der Waals surface area contributed by atoms with Crippen LogP contribution in [0, 0.1) is 27.7 Å². The number of aryl methyl sites for hydroxylation is 2. The van der Waals surface area contributed by atoms with Crippen LogP contribution in [0.4, 0.5) is 5.69 Å². The molecule has 1 aromatic carbocycles. The molecule has 3 rings (SSSR count). The molecule has 3 aromatic rings. The number of ether oxygens (including phenoxy) is 2. The van der Waals surface area contributed by atoms with Gasteiger partial charge in [-0.05, 0) is 51.8 Å². The van der Waals surface area contributed by atoms with Gasteiger partial charge in [-0.25, -0.2) is 9.67 Å². The molecule has 9 nitrogen and oxygen atoms in total. The lowest BCUT2D eigenvalue weighted by molar-refractivity contribution is -0.116. The number of carbonyl (C=O) groups excluding carboxylic acids is 1. The van der Waals surface area contributed by atoms with E-state index in [1.807, 2.05) is 13.8 Å². The monoisotopic (exact) mass is 425 g/mol. The Morgan fingerprint density at radius 3 is 2.45 bits per heavy atom. The van der Waals surface area contributed by atoms with Gasteiger partial charge in [-0.3, -0.25) is 14.6 Å². The predicted molar refractivity (Wildman–Crippen MR) is 117 cm³/mol. The van der Waals surface area contributed by atoms with Crippen molar-refractivity contribution in [2.45, 2.75) is 40.5 Å². The van der Waals surface area contributed by atoms with Gasteiger partial charge in [-0.15, -0.1) is 0 Å². The molecule has 0 radical (unpaired) electrons. The van der Waals surface area contributed by atoms with Crippen molar-refractivity contribution in [1.29, 1.82) is 0 Å². The Kier molecular flexibility index (Phi) is 6.43. The van der Waals surface area contributed by atoms with Crippen LogP contribution in [0.15, 0.2) is 23.0 Å². The smallest absolute Gasteiger partial charge is 0.255 e. The van der Waals surface area contributed by atoms with Crippen molar-refractivity contribution in [3.8, 4) is 17.4 Å². The number of aromatic amines is 1. The minimum Gasteiger partial charge on any atom is -0.493 e. The summed E-state index contributed by atoms with van der Waals surface area (Å²) in [5.74, 6) is 1.38. The van der Waals surface area contributed by atoms with Crippen molar-refractivity contribution in [1.82, 2.24) is 19.7 Å². The fraction of sp³-hybridized carbons (Fsp3) is 0.364. The second-order valence-corrected chi connectivity index (χ2v) is 7.28. The topological polar surface area (TPSA) is 111 Å². The summed E-state index contributed by atoms with van der Waals surface area (Å²) in [6, 6.07) is 5.21. The van der Waals surface area contributed by atoms with Gasteiger partial charge in [0.2, 0.25) is 11.9 Å². The average Bonchev–Trinajstić information content (AvgIpc) is 3.03. The van der Waals surface area contributed by atoms with E-state index in [1.165, 1.54) is 0 Å². The van der Waals surface area contributed by atoms with Gasteiger partial charge in [0, 0.05) is 35.1 Å². The van der Waals surface area contributed by atoms with Gasteiger partial charge in [-0.1, -0.05) is 0 Å². The van der Waals surface area contributed by atoms with E-state index < -0.39 is 0 Å². The highest BCUT2D eigenvalue weighted by atomic mass is 16.5. The van der Waals surface area contributed by atoms with E-state index in [9.17, 15) is 9.59 Å². The van der Waals surface area contributed by atoms with E-state index in [0.717, 1.165) is 17.0 Å². The first kappa shape index (κ1) is 22.1. The fourth-order valence-electron chi connectivity index (χ4n) is 3.35. The number of hydrogen-bond acceptors (Lipinski definition) is 6. The van der Waals surface area contributed by atoms with Crippen LogP contribution in [0.2, 0.25) is 0 Å². The zero-order valence-corrected chi connectivity index (χ0v) is 18.6. The SMILES string of the molecule is COc1ccc(NC(=O)CCc2c(C)nn(-c3nc(C)c(C)c(=O)[nH]3)c2C)cc1OC. The Hall–Kier alpha value is -3.62. The standard InChI is InChI=1S/C22H27N5O4/c1-12-13(2)23-22(25-21(12)29)27-15(4)17(14(3)26-27)8-10-20(28)24-16-7-9-18(30-5)19(11-16)31-6/h7,9,11H,8,10H2,1-6H3,(H,24,28)(H,23,25,29). The zero-order chi connectivity index (χ0) is 22.7. The zero-order valence-electron chi connectivity index (χ0n) is 18.6. The highest BCUT2D eigenvalue weighted by Gasteiger charge is 2.17. The van der Waals surface area contributed by atoms with Gasteiger partial charge in [0.25, 0.3) is 5.56 Å². The number of nitrogens with one attached hydrogen (secondary N) is 2. The highest BCUT2D eigenvalue weighted by molar-refractivity contribution is 5.91. The summed E-state index contributed by atoms with van der Waals surface area (Å²) < 4.78 is 12.1. The van der Waals surface area contributed by atoms with Gasteiger partial charge >= 0.3 is 0 Å². The summed E-state index contributed by atoms with van der Waals surface area (Å²) in [6.07, 6.45) is 0.782. The van der Waals surface area contributed by atoms with Crippen LogP contribution in [0.5, 0.6) is 11.5 Å². The van der Waals surface area contributed by atoms with Crippen LogP contribution in [0.25, 0.3) is 5.95 Å². The Bertz CT molecular complexity index is 1180. The van der Waals surface area contributed by atoms with Gasteiger partial charge in [0.1, 0.15) is 0 Å². The molecule has 0 spiro atoms. The number of H-pyrrole nitrogens is 1. The highest BCUT2D eigenvalue weighted by Crippen LogP contribution is 2.29. The molecule has 2 N–H and O–H groups in total. The Morgan fingerprint density at radius 1 is 1.10 bits per heavy atom. The van der Waals surface area contributed by atoms with Crippen LogP contribution in [-0.2, 0) is 11.2 Å². The Morgan fingerprint density at radius 2 is 1.81 bits per heavy atom. The first-order valence-corrected chi connectivity index (χ1v) is 9.90. The first-order chi connectivity index (χ1) is 14.7. The molecule has 0 atom stereocenters. The fourth-order valence-corrected chi connectivity index (χ4v) is 3.35. The lowest BCUT2D eigenvalue weighted by Crippen LogP contribution is -2.18. The third-order valence-electron chi connectivity index (χ3n) is 5.29. The van der Waals surface area contributed by atoms with Crippen LogP contribution in [0.3, 0.4) is 0 Å². The summed E-state index contributed by atoms with van der Waals surface area (Å²) >= 11 is 0. The minimum atomic E-state index is -0.189. The van der Waals surface area contributed by atoms with Gasteiger partial charge < -0.3 is 14.8 Å². The van der Waals surface area contributed by atoms with E-state index in [4.69, 9.17) is 9.47 Å². The lowest BCUT2D eigenvalue weighted by Gasteiger charge is -2.11. The van der Waals surface area contributed by atoms with Crippen LogP contribution < -0.4 is 20.3 Å². The number of hydrogen-bond donors (Lipinski definition) is 2. The summed E-state index contributed by atoms with van der Waals surface area (Å²) in [4.78, 5) is 31.8. The second kappa shape index (κ2) is 9.03. The maximum Gasteiger partial charge on any atom is 0.255 e. The molecule has 0 saturated carbocycles. The largest absolute Gasteiger partial charge is 0.493 e. The number of aromatic nitrogens is 4. The molecule has 0 saturated heterocycles. The molecular formula is C22H27N5O4. The number of carbonyl (C=O) groups is 1. The summed E-state index contributed by atoms with van der Waals surface area (Å²) in [5, 5.41) is 7.39. The molecule has 0 fully saturated rings. The molecule has 0 aliphatic carbocycles. The molecule has 2 heterocycles. The molecule has 9 heteroatoms. The Balaban J connectivity index is 1.74. The summed E-state index contributed by atoms with van der Waals surface area (Å²) in [7, 11) is 3.11. The van der Waals surface area contributed by atoms with Crippen LogP contribution in [-0.4, -0.2) is 39.9 Å². The molecule has 164 valence electrons. The van der Waals surface area contributed by atoms with Crippen molar-refractivity contribution in [3.63, 3.8) is 0 Å². The molecular weight excluding hydrogens is 398 g/mol. The van der Waals surface area contributed by atoms with Crippen molar-refractivity contribution in [2.24, 2.45) is 0 Å². The van der Waals surface area contributed by atoms with E-state index in [-0.39, 0.29) is 17.9 Å². The molecule has 0 aliphatic rings. The van der Waals surface area contributed by atoms with Crippen LogP contribution >= 0.6 is 0 Å². The molecule has 31 heavy (non-hydrogen) atoms. The molecule has 2 aromatic heterocycles. The number of anilines is 1. The van der Waals surface area contributed by atoms with Crippen molar-refractivity contribution in [2.75, 3.05) is 19.5 Å². The normalized spacial score (nSPS) is 10.8. The maximum absolute atomic E-state index is 12.5. The average molecular weight is 425 g/mol. The quantitative estimate of drug-likeness (QED) is 0.602. The maximum atomic E-state index is 12.5. The van der Waals surface area contributed by atoms with Crippen LogP contribution in [0.1, 0.15) is 34.6 Å². The van der Waals surface area contributed by atoms with Gasteiger partial charge in [-0.2, -0.15) is 5.10 Å². The van der Waals surface area contributed by atoms with E-state index >= 15 is 0 Å². The molecule has 0 unspecified atom stereocenters. The summed E-state index contributed by atoms with van der Waals surface area (Å²) in [6.45, 7) is 7.30. The number of benzene rings is 1. The second-order valence-electron chi connectivity index (χ2n) is 7.28. The third kappa shape index (κ3) is 4.60.